The van der Waals surface area contributed by atoms with Crippen LogP contribution < -0.4 is 15.8 Å². The monoisotopic (exact) mass is 467 g/mol. The van der Waals surface area contributed by atoms with E-state index in [2.05, 4.69) is 47.8 Å². The van der Waals surface area contributed by atoms with Gasteiger partial charge in [0, 0.05) is 34.8 Å². The zero-order valence-electron chi connectivity index (χ0n) is 20.8. The van der Waals surface area contributed by atoms with Gasteiger partial charge in [-0.2, -0.15) is 0 Å². The summed E-state index contributed by atoms with van der Waals surface area (Å²) in [5.74, 6) is 0. The number of nitrogens with one attached hydrogen (secondary N) is 2. The summed E-state index contributed by atoms with van der Waals surface area (Å²) in [6, 6.07) is 15.5. The maximum absolute atomic E-state index is 14.1. The Labute approximate surface area is 204 Å². The van der Waals surface area contributed by atoms with Gasteiger partial charge in [0.05, 0.1) is 27.6 Å². The minimum Gasteiger partial charge on any atom is -0.371 e. The van der Waals surface area contributed by atoms with Gasteiger partial charge in [0.2, 0.25) is 0 Å². The number of aromatic nitrogens is 2. The summed E-state index contributed by atoms with van der Waals surface area (Å²) >= 11 is 0. The summed E-state index contributed by atoms with van der Waals surface area (Å²) in [5.41, 5.74) is 5.18. The lowest BCUT2D eigenvalue weighted by Gasteiger charge is -2.26. The minimum atomic E-state index is -0.0213. The summed E-state index contributed by atoms with van der Waals surface area (Å²) in [5, 5.41) is 2.61. The fourth-order valence-electron chi connectivity index (χ4n) is 5.15. The molecule has 5 aromatic rings. The molecule has 0 aliphatic carbocycles. The highest BCUT2D eigenvalue weighted by Crippen LogP contribution is 2.30. The van der Waals surface area contributed by atoms with Crippen molar-refractivity contribution in [2.75, 3.05) is 18.0 Å². The molecular weight excluding hydrogens is 434 g/mol. The van der Waals surface area contributed by atoms with Crippen LogP contribution in [0.2, 0.25) is 0 Å². The van der Waals surface area contributed by atoms with Gasteiger partial charge in [0.25, 0.3) is 0 Å². The van der Waals surface area contributed by atoms with Crippen molar-refractivity contribution >= 4 is 49.3 Å². The average Bonchev–Trinajstić information content (AvgIpc) is 2.88. The SMILES string of the molecule is CCCCN(CCCC)c1ccc(CC)c2[nH]c3cc4c(=O)c5ccccc5[nH]c4cc3c(=O)c12. The molecule has 0 bridgehead atoms. The van der Waals surface area contributed by atoms with Crippen LogP contribution in [0.4, 0.5) is 5.69 Å². The van der Waals surface area contributed by atoms with Crippen LogP contribution in [0.25, 0.3) is 43.6 Å². The standard InChI is InChI=1S/C30H33N3O2/c1-4-7-15-33(16-8-5-2)26-14-13-19(6-3)28-27(26)30(35)22-18-24-21(17-25(22)32-28)29(34)20-11-9-10-12-23(20)31-24/h9-14,17-18H,4-8,15-16H2,1-3H3,(H,31,34)(H,32,35). The molecule has 3 aromatic carbocycles. The number of benzene rings is 3. The van der Waals surface area contributed by atoms with E-state index in [0.29, 0.717) is 27.2 Å². The predicted octanol–water partition coefficient (Wildman–Crippen LogP) is 6.65. The first-order chi connectivity index (χ1) is 17.1. The Bertz CT molecular complexity index is 1650. The molecule has 35 heavy (non-hydrogen) atoms. The largest absolute Gasteiger partial charge is 0.371 e. The van der Waals surface area contributed by atoms with Crippen LogP contribution in [-0.2, 0) is 6.42 Å². The molecule has 180 valence electrons. The van der Waals surface area contributed by atoms with Gasteiger partial charge in [-0.25, -0.2) is 0 Å². The van der Waals surface area contributed by atoms with Gasteiger partial charge in [-0.05, 0) is 55.2 Å². The Morgan fingerprint density at radius 3 is 2.06 bits per heavy atom. The highest BCUT2D eigenvalue weighted by Gasteiger charge is 2.18. The molecule has 0 saturated carbocycles. The molecule has 0 aliphatic rings. The summed E-state index contributed by atoms with van der Waals surface area (Å²) in [6.45, 7) is 8.38. The summed E-state index contributed by atoms with van der Waals surface area (Å²) in [6.07, 6.45) is 5.22. The fraction of sp³-hybridized carbons (Fsp3) is 0.333. The van der Waals surface area contributed by atoms with E-state index in [-0.39, 0.29) is 10.9 Å². The average molecular weight is 468 g/mol. The van der Waals surface area contributed by atoms with E-state index in [4.69, 9.17) is 0 Å². The van der Waals surface area contributed by atoms with Crippen LogP contribution in [0.1, 0.15) is 52.0 Å². The third-order valence-electron chi connectivity index (χ3n) is 7.13. The maximum atomic E-state index is 14.1. The quantitative estimate of drug-likeness (QED) is 0.251. The molecule has 0 atom stereocenters. The number of rotatable bonds is 8. The zero-order chi connectivity index (χ0) is 24.5. The second-order valence-electron chi connectivity index (χ2n) is 9.44. The Balaban J connectivity index is 1.84. The number of nitrogens with zero attached hydrogens (tertiary/aromatic N) is 1. The summed E-state index contributed by atoms with van der Waals surface area (Å²) in [4.78, 5) is 36.6. The third kappa shape index (κ3) is 3.99. The van der Waals surface area contributed by atoms with Crippen LogP contribution in [0, 0.1) is 0 Å². The number of aromatic amines is 2. The Kier molecular flexibility index (Phi) is 6.33. The van der Waals surface area contributed by atoms with Crippen LogP contribution in [0.3, 0.4) is 0 Å². The molecule has 2 heterocycles. The molecule has 0 fully saturated rings. The number of hydrogen-bond donors (Lipinski definition) is 2. The highest BCUT2D eigenvalue weighted by molar-refractivity contribution is 6.05. The smallest absolute Gasteiger partial charge is 0.199 e. The van der Waals surface area contributed by atoms with Crippen LogP contribution in [-0.4, -0.2) is 23.1 Å². The molecule has 0 aliphatic heterocycles. The molecule has 5 heteroatoms. The number of aryl methyl sites for hydroxylation is 1. The first kappa shape index (κ1) is 23.2. The number of fused-ring (bicyclic) bond motifs is 4. The number of hydrogen-bond acceptors (Lipinski definition) is 3. The van der Waals surface area contributed by atoms with Gasteiger partial charge >= 0.3 is 0 Å². The number of H-pyrrole nitrogens is 2. The van der Waals surface area contributed by atoms with Crippen molar-refractivity contribution in [3.05, 3.63) is 74.5 Å². The minimum absolute atomic E-state index is 0.0213. The number of para-hydroxylation sites is 1. The number of unbranched alkanes of at least 4 members (excludes halogenated alkanes) is 2. The second-order valence-corrected chi connectivity index (χ2v) is 9.44. The van der Waals surface area contributed by atoms with Crippen molar-refractivity contribution in [1.29, 1.82) is 0 Å². The highest BCUT2D eigenvalue weighted by atomic mass is 16.1. The van der Waals surface area contributed by atoms with Crippen molar-refractivity contribution in [3.63, 3.8) is 0 Å². The van der Waals surface area contributed by atoms with Crippen LogP contribution in [0.15, 0.2) is 58.1 Å². The molecular formula is C30H33N3O2. The van der Waals surface area contributed by atoms with E-state index in [0.717, 1.165) is 72.9 Å². The zero-order valence-corrected chi connectivity index (χ0v) is 20.8. The van der Waals surface area contributed by atoms with Crippen molar-refractivity contribution in [1.82, 2.24) is 9.97 Å². The molecule has 0 radical (unpaired) electrons. The molecule has 0 spiro atoms. The lowest BCUT2D eigenvalue weighted by Crippen LogP contribution is -2.27. The molecule has 5 rings (SSSR count). The molecule has 2 aromatic heterocycles. The van der Waals surface area contributed by atoms with E-state index >= 15 is 0 Å². The van der Waals surface area contributed by atoms with Crippen LogP contribution >= 0.6 is 0 Å². The van der Waals surface area contributed by atoms with E-state index < -0.39 is 0 Å². The van der Waals surface area contributed by atoms with Gasteiger partial charge < -0.3 is 14.9 Å². The number of pyridine rings is 2. The number of anilines is 1. The van der Waals surface area contributed by atoms with Gasteiger partial charge in [0.15, 0.2) is 10.9 Å². The van der Waals surface area contributed by atoms with Gasteiger partial charge in [-0.3, -0.25) is 9.59 Å². The lowest BCUT2D eigenvalue weighted by atomic mass is 10.0. The molecule has 0 saturated heterocycles. The first-order valence-electron chi connectivity index (χ1n) is 12.9. The van der Waals surface area contributed by atoms with Gasteiger partial charge in [0.1, 0.15) is 0 Å². The topological polar surface area (TPSA) is 69.0 Å². The maximum Gasteiger partial charge on any atom is 0.199 e. The van der Waals surface area contributed by atoms with E-state index in [9.17, 15) is 9.59 Å². The van der Waals surface area contributed by atoms with E-state index in [1.165, 1.54) is 0 Å². The summed E-state index contributed by atoms with van der Waals surface area (Å²) < 4.78 is 0. The molecule has 0 amide bonds. The fourth-order valence-corrected chi connectivity index (χ4v) is 5.15. The first-order valence-corrected chi connectivity index (χ1v) is 12.9. The van der Waals surface area contributed by atoms with Crippen molar-refractivity contribution < 1.29 is 0 Å². The Hall–Kier alpha value is -3.60. The van der Waals surface area contributed by atoms with E-state index in [1.807, 2.05) is 36.4 Å². The van der Waals surface area contributed by atoms with E-state index in [1.54, 1.807) is 0 Å². The van der Waals surface area contributed by atoms with Crippen molar-refractivity contribution in [2.24, 2.45) is 0 Å². The third-order valence-corrected chi connectivity index (χ3v) is 7.13. The van der Waals surface area contributed by atoms with Gasteiger partial charge in [-0.15, -0.1) is 0 Å². The van der Waals surface area contributed by atoms with Crippen LogP contribution in [0.5, 0.6) is 0 Å². The Morgan fingerprint density at radius 1 is 0.714 bits per heavy atom. The Morgan fingerprint density at radius 2 is 1.37 bits per heavy atom. The second kappa shape index (κ2) is 9.57. The normalized spacial score (nSPS) is 11.7. The van der Waals surface area contributed by atoms with Crippen molar-refractivity contribution in [2.45, 2.75) is 52.9 Å². The van der Waals surface area contributed by atoms with Crippen molar-refractivity contribution in [3.8, 4) is 0 Å². The molecule has 5 nitrogen and oxygen atoms in total. The molecule has 2 N–H and O–H groups in total. The lowest BCUT2D eigenvalue weighted by molar-refractivity contribution is 0.679. The predicted molar refractivity (Wildman–Crippen MR) is 149 cm³/mol. The summed E-state index contributed by atoms with van der Waals surface area (Å²) in [7, 11) is 0. The van der Waals surface area contributed by atoms with Gasteiger partial charge in [-0.1, -0.05) is 51.8 Å². The molecule has 0 unspecified atom stereocenters.